The second kappa shape index (κ2) is 4.33. The van der Waals surface area contributed by atoms with Gasteiger partial charge in [0.25, 0.3) is 0 Å². The fourth-order valence-electron chi connectivity index (χ4n) is 1.88. The van der Waals surface area contributed by atoms with E-state index in [0.717, 1.165) is 24.2 Å². The Bertz CT molecular complexity index is 407. The summed E-state index contributed by atoms with van der Waals surface area (Å²) in [7, 11) is 2.01. The van der Waals surface area contributed by atoms with E-state index in [1.807, 2.05) is 7.05 Å². The molecule has 1 heterocycles. The van der Waals surface area contributed by atoms with E-state index in [1.165, 1.54) is 6.42 Å². The van der Waals surface area contributed by atoms with Gasteiger partial charge in [-0.05, 0) is 18.3 Å². The van der Waals surface area contributed by atoms with Crippen LogP contribution in [0, 0.1) is 11.8 Å². The van der Waals surface area contributed by atoms with Crippen LogP contribution in [0.15, 0.2) is 12.4 Å². The van der Waals surface area contributed by atoms with Gasteiger partial charge in [0.15, 0.2) is 5.82 Å². The van der Waals surface area contributed by atoms with Crippen molar-refractivity contribution in [3.8, 4) is 0 Å². The van der Waals surface area contributed by atoms with Crippen LogP contribution in [0.1, 0.15) is 19.0 Å². The quantitative estimate of drug-likeness (QED) is 0.796. The monoisotopic (exact) mass is 236 g/mol. The predicted octanol–water partition coefficient (Wildman–Crippen LogP) is 1.20. The molecule has 0 radical (unpaired) electrons. The van der Waals surface area contributed by atoms with Crippen LogP contribution in [-0.2, 0) is 0 Å². The molecule has 1 aromatic rings. The number of thiocarbonyl (C=S) groups is 1. The second-order valence-electron chi connectivity index (χ2n) is 4.45. The summed E-state index contributed by atoms with van der Waals surface area (Å²) in [5.74, 6) is 2.38. The van der Waals surface area contributed by atoms with Gasteiger partial charge in [-0.1, -0.05) is 19.1 Å². The number of nitrogens with zero attached hydrogens (tertiary/aromatic N) is 3. The van der Waals surface area contributed by atoms with Gasteiger partial charge >= 0.3 is 0 Å². The molecule has 2 unspecified atom stereocenters. The van der Waals surface area contributed by atoms with Gasteiger partial charge in [0.1, 0.15) is 10.7 Å². The Hall–Kier alpha value is -1.23. The summed E-state index contributed by atoms with van der Waals surface area (Å²) < 4.78 is 0. The highest BCUT2D eigenvalue weighted by atomic mass is 32.1. The molecule has 2 rings (SSSR count). The first-order chi connectivity index (χ1) is 7.59. The largest absolute Gasteiger partial charge is 0.388 e. The van der Waals surface area contributed by atoms with Crippen LogP contribution in [0.25, 0.3) is 0 Å². The van der Waals surface area contributed by atoms with Crippen LogP contribution in [0.3, 0.4) is 0 Å². The van der Waals surface area contributed by atoms with Crippen molar-refractivity contribution in [1.82, 2.24) is 9.97 Å². The van der Waals surface area contributed by atoms with E-state index in [-0.39, 0.29) is 0 Å². The first kappa shape index (κ1) is 11.3. The summed E-state index contributed by atoms with van der Waals surface area (Å²) in [6, 6.07) is 0. The van der Waals surface area contributed by atoms with E-state index < -0.39 is 0 Å². The SMILES string of the molecule is CC1CC1CN(C)c1nccnc1C(N)=S. The molecule has 0 bridgehead atoms. The summed E-state index contributed by atoms with van der Waals surface area (Å²) in [6.45, 7) is 3.26. The van der Waals surface area contributed by atoms with Crippen LogP contribution < -0.4 is 10.6 Å². The van der Waals surface area contributed by atoms with E-state index in [0.29, 0.717) is 10.7 Å². The highest BCUT2D eigenvalue weighted by molar-refractivity contribution is 7.80. The molecular formula is C11H16N4S. The maximum Gasteiger partial charge on any atom is 0.157 e. The van der Waals surface area contributed by atoms with Gasteiger partial charge < -0.3 is 10.6 Å². The average Bonchev–Trinajstić information content (AvgIpc) is 2.94. The first-order valence-corrected chi connectivity index (χ1v) is 5.82. The van der Waals surface area contributed by atoms with Crippen LogP contribution in [0.2, 0.25) is 0 Å². The van der Waals surface area contributed by atoms with E-state index in [2.05, 4.69) is 21.8 Å². The van der Waals surface area contributed by atoms with E-state index >= 15 is 0 Å². The fourth-order valence-corrected chi connectivity index (χ4v) is 2.02. The molecule has 2 N–H and O–H groups in total. The molecule has 1 fully saturated rings. The third kappa shape index (κ3) is 2.29. The fraction of sp³-hybridized carbons (Fsp3) is 0.545. The Morgan fingerprint density at radius 3 is 2.75 bits per heavy atom. The number of rotatable bonds is 4. The number of hydrogen-bond donors (Lipinski definition) is 1. The van der Waals surface area contributed by atoms with E-state index in [9.17, 15) is 0 Å². The molecule has 1 aliphatic carbocycles. The van der Waals surface area contributed by atoms with Gasteiger partial charge in [-0.15, -0.1) is 0 Å². The topological polar surface area (TPSA) is 55.0 Å². The van der Waals surface area contributed by atoms with Crippen LogP contribution >= 0.6 is 12.2 Å². The molecule has 0 saturated heterocycles. The van der Waals surface area contributed by atoms with Gasteiger partial charge in [-0.3, -0.25) is 0 Å². The standard InChI is InChI=1S/C11H16N4S/c1-7-5-8(7)6-15(2)11-9(10(12)16)13-3-4-14-11/h3-4,7-8H,5-6H2,1-2H3,(H2,12,16). The molecule has 0 amide bonds. The van der Waals surface area contributed by atoms with E-state index in [1.54, 1.807) is 12.4 Å². The van der Waals surface area contributed by atoms with Crippen molar-refractivity contribution < 1.29 is 0 Å². The number of anilines is 1. The Labute approximate surface area is 101 Å². The first-order valence-electron chi connectivity index (χ1n) is 5.41. The van der Waals surface area contributed by atoms with Gasteiger partial charge in [-0.2, -0.15) is 0 Å². The molecule has 1 aromatic heterocycles. The Morgan fingerprint density at radius 2 is 2.19 bits per heavy atom. The summed E-state index contributed by atoms with van der Waals surface area (Å²) in [5, 5.41) is 0. The van der Waals surface area contributed by atoms with Crippen molar-refractivity contribution in [2.45, 2.75) is 13.3 Å². The lowest BCUT2D eigenvalue weighted by Crippen LogP contribution is -2.26. The average molecular weight is 236 g/mol. The summed E-state index contributed by atoms with van der Waals surface area (Å²) in [6.07, 6.45) is 4.59. The van der Waals surface area contributed by atoms with Crippen LogP contribution in [-0.4, -0.2) is 28.5 Å². The highest BCUT2D eigenvalue weighted by Gasteiger charge is 2.33. The van der Waals surface area contributed by atoms with Crippen molar-refractivity contribution in [3.63, 3.8) is 0 Å². The maximum absolute atomic E-state index is 5.63. The van der Waals surface area contributed by atoms with Gasteiger partial charge in [0.05, 0.1) is 0 Å². The third-order valence-corrected chi connectivity index (χ3v) is 3.25. The molecule has 0 aliphatic heterocycles. The Morgan fingerprint density at radius 1 is 1.56 bits per heavy atom. The maximum atomic E-state index is 5.63. The minimum atomic E-state index is 0.304. The molecule has 0 spiro atoms. The van der Waals surface area contributed by atoms with Crippen LogP contribution in [0.5, 0.6) is 0 Å². The highest BCUT2D eigenvalue weighted by Crippen LogP contribution is 2.38. The molecule has 86 valence electrons. The number of aromatic nitrogens is 2. The molecule has 5 heteroatoms. The number of hydrogen-bond acceptors (Lipinski definition) is 4. The van der Waals surface area contributed by atoms with Crippen molar-refractivity contribution >= 4 is 23.0 Å². The molecule has 16 heavy (non-hydrogen) atoms. The van der Waals surface area contributed by atoms with Crippen LogP contribution in [0.4, 0.5) is 5.82 Å². The zero-order valence-electron chi connectivity index (χ0n) is 9.55. The second-order valence-corrected chi connectivity index (χ2v) is 4.89. The zero-order chi connectivity index (χ0) is 11.7. The zero-order valence-corrected chi connectivity index (χ0v) is 10.4. The van der Waals surface area contributed by atoms with Crippen molar-refractivity contribution in [2.75, 3.05) is 18.5 Å². The molecule has 2 atom stereocenters. The lowest BCUT2D eigenvalue weighted by Gasteiger charge is -2.19. The molecule has 1 aliphatic rings. The predicted molar refractivity (Wildman–Crippen MR) is 68.5 cm³/mol. The van der Waals surface area contributed by atoms with Crippen molar-refractivity contribution in [2.24, 2.45) is 17.6 Å². The van der Waals surface area contributed by atoms with Gasteiger partial charge in [0, 0.05) is 26.0 Å². The molecule has 0 aromatic carbocycles. The number of nitrogens with two attached hydrogens (primary N) is 1. The minimum absolute atomic E-state index is 0.304. The van der Waals surface area contributed by atoms with E-state index in [4.69, 9.17) is 18.0 Å². The minimum Gasteiger partial charge on any atom is -0.388 e. The smallest absolute Gasteiger partial charge is 0.157 e. The summed E-state index contributed by atoms with van der Waals surface area (Å²) >= 11 is 4.97. The van der Waals surface area contributed by atoms with Crippen molar-refractivity contribution in [1.29, 1.82) is 0 Å². The lowest BCUT2D eigenvalue weighted by molar-refractivity contribution is 0.717. The normalized spacial score (nSPS) is 22.9. The molecule has 1 saturated carbocycles. The Kier molecular flexibility index (Phi) is 3.05. The Balaban J connectivity index is 2.15. The third-order valence-electron chi connectivity index (χ3n) is 3.06. The molecule has 4 nitrogen and oxygen atoms in total. The van der Waals surface area contributed by atoms with Gasteiger partial charge in [-0.25, -0.2) is 9.97 Å². The summed E-state index contributed by atoms with van der Waals surface area (Å²) in [5.41, 5.74) is 6.25. The van der Waals surface area contributed by atoms with Crippen molar-refractivity contribution in [3.05, 3.63) is 18.1 Å². The van der Waals surface area contributed by atoms with Gasteiger partial charge in [0.2, 0.25) is 0 Å². The lowest BCUT2D eigenvalue weighted by atomic mass is 10.3. The summed E-state index contributed by atoms with van der Waals surface area (Å²) in [4.78, 5) is 10.9. The molecular weight excluding hydrogens is 220 g/mol.